The molecule has 7 N–H and O–H groups in total. The number of carboxylic acids is 1. The molecule has 0 saturated carbocycles. The number of amidine groups is 1. The zero-order valence-electron chi connectivity index (χ0n) is 23.4. The molecule has 1 atom stereocenters. The van der Waals surface area contributed by atoms with Crippen LogP contribution in [0.4, 0.5) is 5.69 Å². The van der Waals surface area contributed by atoms with Crippen LogP contribution in [0.3, 0.4) is 0 Å². The van der Waals surface area contributed by atoms with Crippen molar-refractivity contribution in [3.8, 4) is 23.4 Å². The summed E-state index contributed by atoms with van der Waals surface area (Å²) in [6.07, 6.45) is 3.05. The van der Waals surface area contributed by atoms with Crippen molar-refractivity contribution in [1.29, 1.82) is 5.41 Å². The molecule has 0 saturated heterocycles. The second-order valence-electron chi connectivity index (χ2n) is 9.75. The molecule has 0 spiro atoms. The van der Waals surface area contributed by atoms with Crippen LogP contribution >= 0.6 is 0 Å². The lowest BCUT2D eigenvalue weighted by Crippen LogP contribution is -2.23. The Kier molecular flexibility index (Phi) is 7.62. The van der Waals surface area contributed by atoms with Gasteiger partial charge >= 0.3 is 12.0 Å². The van der Waals surface area contributed by atoms with Gasteiger partial charge in [0.1, 0.15) is 23.5 Å². The summed E-state index contributed by atoms with van der Waals surface area (Å²) in [5.41, 5.74) is 13.6. The number of nitrogen functional groups attached to an aromatic ring is 2. The van der Waals surface area contributed by atoms with Gasteiger partial charge in [0.25, 0.3) is 11.8 Å². The van der Waals surface area contributed by atoms with Gasteiger partial charge in [0.05, 0.1) is 12.0 Å². The van der Waals surface area contributed by atoms with Crippen LogP contribution in [0.2, 0.25) is 0 Å². The van der Waals surface area contributed by atoms with E-state index in [0.717, 1.165) is 0 Å². The monoisotopic (exact) mass is 584 g/mol. The molecule has 3 aromatic heterocycles. The molecular weight excluding hydrogens is 556 g/mol. The van der Waals surface area contributed by atoms with Gasteiger partial charge in [0.2, 0.25) is 0 Å². The van der Waals surface area contributed by atoms with Crippen LogP contribution in [0.5, 0.6) is 23.4 Å². The lowest BCUT2D eigenvalue weighted by Gasteiger charge is -2.16. The van der Waals surface area contributed by atoms with Crippen molar-refractivity contribution >= 4 is 34.6 Å². The summed E-state index contributed by atoms with van der Waals surface area (Å²) in [6, 6.07) is 9.68. The number of carboxylic acid groups (broad SMARTS) is 1. The predicted octanol–water partition coefficient (Wildman–Crippen LogP) is 2.88. The standard InChI is InChI=1S/C28H28N10O5/c1-14-34-22-24(38(14)20(27(40)41)11-17-12-32-13-33-17)35-28(43-21-10-15(23(30)31)7-8-19(21)29)36-25(22)42-18-6-4-5-16(9-18)26(39)37(2)3/h4-10,12-13,20H,11,29H2,1-3H3,(H3,30,31)(H,32,33)(H,40,41). The molecule has 2 aromatic carbocycles. The molecule has 5 aromatic rings. The molecule has 3 heterocycles. The van der Waals surface area contributed by atoms with Crippen LogP contribution in [-0.2, 0) is 11.2 Å². The summed E-state index contributed by atoms with van der Waals surface area (Å²) < 4.78 is 13.5. The quantitative estimate of drug-likeness (QED) is 0.0911. The fourth-order valence-corrected chi connectivity index (χ4v) is 4.37. The highest BCUT2D eigenvalue weighted by Crippen LogP contribution is 2.34. The topological polar surface area (TPSA) is 224 Å². The van der Waals surface area contributed by atoms with Gasteiger partial charge in [-0.1, -0.05) is 6.07 Å². The molecule has 220 valence electrons. The van der Waals surface area contributed by atoms with Crippen LogP contribution in [-0.4, -0.2) is 71.3 Å². The fourth-order valence-electron chi connectivity index (χ4n) is 4.37. The number of ether oxygens (including phenoxy) is 2. The van der Waals surface area contributed by atoms with Gasteiger partial charge in [-0.15, -0.1) is 0 Å². The van der Waals surface area contributed by atoms with Crippen molar-refractivity contribution in [3.05, 3.63) is 77.6 Å². The summed E-state index contributed by atoms with van der Waals surface area (Å²) in [5.74, 6) is -0.895. The number of fused-ring (bicyclic) bond motifs is 1. The number of amides is 1. The minimum Gasteiger partial charge on any atom is -0.480 e. The molecule has 1 unspecified atom stereocenters. The van der Waals surface area contributed by atoms with Crippen molar-refractivity contribution in [3.63, 3.8) is 0 Å². The number of nitrogens with one attached hydrogen (secondary N) is 2. The molecule has 43 heavy (non-hydrogen) atoms. The Bertz CT molecular complexity index is 1850. The van der Waals surface area contributed by atoms with Crippen molar-refractivity contribution in [2.75, 3.05) is 19.8 Å². The Balaban J connectivity index is 1.66. The van der Waals surface area contributed by atoms with Gasteiger partial charge in [-0.05, 0) is 43.3 Å². The Labute approximate surface area is 244 Å². The number of aryl methyl sites for hydroxylation is 1. The van der Waals surface area contributed by atoms with Crippen molar-refractivity contribution in [2.45, 2.75) is 19.4 Å². The molecule has 1 amide bonds. The summed E-state index contributed by atoms with van der Waals surface area (Å²) in [7, 11) is 3.27. The average molecular weight is 585 g/mol. The number of rotatable bonds is 10. The van der Waals surface area contributed by atoms with E-state index in [9.17, 15) is 14.7 Å². The Hall–Kier alpha value is -5.99. The number of hydrogen-bond donors (Lipinski definition) is 5. The molecular formula is C28H28N10O5. The fraction of sp³-hybridized carbons (Fsp3) is 0.179. The Morgan fingerprint density at radius 2 is 1.91 bits per heavy atom. The van der Waals surface area contributed by atoms with Crippen LogP contribution in [0.15, 0.2) is 55.0 Å². The van der Waals surface area contributed by atoms with Crippen LogP contribution in [0, 0.1) is 12.3 Å². The number of anilines is 1. The van der Waals surface area contributed by atoms with E-state index in [1.807, 2.05) is 0 Å². The Morgan fingerprint density at radius 3 is 2.58 bits per heavy atom. The first-order valence-electron chi connectivity index (χ1n) is 12.9. The number of aliphatic carboxylic acids is 1. The highest BCUT2D eigenvalue weighted by atomic mass is 16.5. The molecule has 5 rings (SSSR count). The number of imidazole rings is 2. The van der Waals surface area contributed by atoms with Gasteiger partial charge in [-0.2, -0.15) is 9.97 Å². The van der Waals surface area contributed by atoms with E-state index >= 15 is 0 Å². The molecule has 0 aliphatic rings. The number of nitrogens with two attached hydrogens (primary N) is 2. The third-order valence-corrected chi connectivity index (χ3v) is 6.46. The van der Waals surface area contributed by atoms with Crippen LogP contribution in [0.25, 0.3) is 11.2 Å². The maximum atomic E-state index is 12.6. The van der Waals surface area contributed by atoms with E-state index < -0.39 is 12.0 Å². The predicted molar refractivity (Wildman–Crippen MR) is 156 cm³/mol. The minimum atomic E-state index is -1.13. The number of benzene rings is 2. The first kappa shape index (κ1) is 28.5. The van der Waals surface area contributed by atoms with Gasteiger partial charge in [-0.25, -0.2) is 14.8 Å². The number of hydrogen-bond acceptors (Lipinski definition) is 10. The van der Waals surface area contributed by atoms with Crippen LogP contribution in [0.1, 0.15) is 33.5 Å². The number of nitrogens with zero attached hydrogens (tertiary/aromatic N) is 6. The Morgan fingerprint density at radius 1 is 1.12 bits per heavy atom. The summed E-state index contributed by atoms with van der Waals surface area (Å²) in [4.78, 5) is 46.9. The van der Waals surface area contributed by atoms with Crippen molar-refractivity contribution < 1.29 is 24.2 Å². The average Bonchev–Trinajstić information content (AvgIpc) is 3.59. The van der Waals surface area contributed by atoms with Crippen molar-refractivity contribution in [1.82, 2.24) is 34.4 Å². The lowest BCUT2D eigenvalue weighted by atomic mass is 10.1. The van der Waals surface area contributed by atoms with Crippen molar-refractivity contribution in [2.24, 2.45) is 5.73 Å². The number of aromatic amines is 1. The molecule has 0 fully saturated rings. The zero-order chi connectivity index (χ0) is 30.8. The van der Waals surface area contributed by atoms with Gasteiger partial charge in [0.15, 0.2) is 16.9 Å². The molecule has 0 radical (unpaired) electrons. The third-order valence-electron chi connectivity index (χ3n) is 6.46. The van der Waals surface area contributed by atoms with Gasteiger partial charge < -0.3 is 35.9 Å². The lowest BCUT2D eigenvalue weighted by molar-refractivity contribution is -0.140. The SMILES string of the molecule is Cc1nc2c(Oc3cccc(C(=O)N(C)C)c3)nc(Oc3cc(C(=N)N)ccc3N)nc2n1C(Cc1cnc[nH]1)C(=O)O. The first-order chi connectivity index (χ1) is 20.5. The molecule has 15 nitrogen and oxygen atoms in total. The number of carbonyl (C=O) groups is 2. The number of aromatic nitrogens is 6. The van der Waals surface area contributed by atoms with E-state index in [4.69, 9.17) is 26.4 Å². The molecule has 0 aliphatic heterocycles. The second-order valence-corrected chi connectivity index (χ2v) is 9.75. The second kappa shape index (κ2) is 11.5. The van der Waals surface area contributed by atoms with Crippen LogP contribution < -0.4 is 20.9 Å². The normalized spacial score (nSPS) is 11.7. The van der Waals surface area contributed by atoms with Gasteiger partial charge in [-0.3, -0.25) is 14.8 Å². The highest BCUT2D eigenvalue weighted by Gasteiger charge is 2.28. The first-order valence-corrected chi connectivity index (χ1v) is 12.9. The van der Waals surface area contributed by atoms with E-state index in [-0.39, 0.29) is 58.4 Å². The minimum absolute atomic E-state index is 0.0525. The summed E-state index contributed by atoms with van der Waals surface area (Å²) in [5, 5.41) is 18.0. The molecule has 0 aliphatic carbocycles. The molecule has 15 heteroatoms. The maximum absolute atomic E-state index is 12.6. The van der Waals surface area contributed by atoms with E-state index in [1.165, 1.54) is 34.1 Å². The van der Waals surface area contributed by atoms with E-state index in [2.05, 4.69) is 24.9 Å². The van der Waals surface area contributed by atoms with E-state index in [1.54, 1.807) is 51.4 Å². The van der Waals surface area contributed by atoms with Gasteiger partial charge in [0, 0.05) is 43.5 Å². The molecule has 0 bridgehead atoms. The van der Waals surface area contributed by atoms with E-state index in [0.29, 0.717) is 22.6 Å². The largest absolute Gasteiger partial charge is 0.480 e. The number of H-pyrrole nitrogens is 1. The highest BCUT2D eigenvalue weighted by molar-refractivity contribution is 5.96. The summed E-state index contributed by atoms with van der Waals surface area (Å²) in [6.45, 7) is 1.64. The maximum Gasteiger partial charge on any atom is 0.327 e. The number of carbonyl (C=O) groups excluding carboxylic acids is 1. The summed E-state index contributed by atoms with van der Waals surface area (Å²) >= 11 is 0. The smallest absolute Gasteiger partial charge is 0.327 e. The zero-order valence-corrected chi connectivity index (χ0v) is 23.4. The third kappa shape index (κ3) is 5.90.